The number of piperidine rings is 1. The van der Waals surface area contributed by atoms with Crippen molar-refractivity contribution in [3.8, 4) is 5.75 Å². The van der Waals surface area contributed by atoms with E-state index in [4.69, 9.17) is 16.3 Å². The predicted octanol–water partition coefficient (Wildman–Crippen LogP) is 4.93. The zero-order valence-electron chi connectivity index (χ0n) is 18.0. The summed E-state index contributed by atoms with van der Waals surface area (Å²) in [6, 6.07) is 10.3. The first-order valence-corrected chi connectivity index (χ1v) is 12.4. The lowest BCUT2D eigenvalue weighted by Gasteiger charge is -2.26. The third-order valence-corrected chi connectivity index (χ3v) is 7.70. The summed E-state index contributed by atoms with van der Waals surface area (Å²) in [4.78, 5) is 12.6. The normalized spacial score (nSPS) is 14.9. The number of carbonyl (C=O) groups is 1. The molecule has 31 heavy (non-hydrogen) atoms. The smallest absolute Gasteiger partial charge is 0.243 e. The van der Waals surface area contributed by atoms with Crippen LogP contribution in [-0.4, -0.2) is 38.3 Å². The molecule has 0 bridgehead atoms. The number of sulfonamides is 1. The van der Waals surface area contributed by atoms with E-state index in [-0.39, 0.29) is 17.2 Å². The van der Waals surface area contributed by atoms with Crippen molar-refractivity contribution in [1.82, 2.24) is 4.31 Å². The van der Waals surface area contributed by atoms with Crippen LogP contribution >= 0.6 is 11.6 Å². The maximum absolute atomic E-state index is 12.9. The topological polar surface area (TPSA) is 75.7 Å². The fourth-order valence-corrected chi connectivity index (χ4v) is 5.15. The van der Waals surface area contributed by atoms with Gasteiger partial charge in [-0.1, -0.05) is 24.1 Å². The van der Waals surface area contributed by atoms with Gasteiger partial charge in [0.2, 0.25) is 15.9 Å². The molecule has 1 heterocycles. The molecule has 1 fully saturated rings. The third kappa shape index (κ3) is 6.21. The Kier molecular flexibility index (Phi) is 7.97. The molecule has 1 saturated heterocycles. The van der Waals surface area contributed by atoms with Gasteiger partial charge in [-0.3, -0.25) is 4.79 Å². The van der Waals surface area contributed by atoms with Gasteiger partial charge in [0, 0.05) is 30.2 Å². The molecule has 6 nitrogen and oxygen atoms in total. The lowest BCUT2D eigenvalue weighted by atomic mass is 10.2. The van der Waals surface area contributed by atoms with Crippen molar-refractivity contribution >= 4 is 33.2 Å². The molecule has 2 aromatic rings. The average molecular weight is 465 g/mol. The number of ether oxygens (including phenoxy) is 1. The molecular weight excluding hydrogens is 436 g/mol. The summed E-state index contributed by atoms with van der Waals surface area (Å²) in [7, 11) is -3.54. The minimum absolute atomic E-state index is 0.175. The first-order chi connectivity index (χ1) is 14.8. The quantitative estimate of drug-likeness (QED) is 0.562. The molecule has 0 saturated carbocycles. The number of hydrogen-bond acceptors (Lipinski definition) is 4. The van der Waals surface area contributed by atoms with Crippen molar-refractivity contribution in [3.63, 3.8) is 0 Å². The molecule has 2 aromatic carbocycles. The number of aryl methyl sites for hydroxylation is 2. The van der Waals surface area contributed by atoms with Crippen LogP contribution in [-0.2, 0) is 14.8 Å². The highest BCUT2D eigenvalue weighted by atomic mass is 35.5. The SMILES string of the molecule is Cc1cc(OCCCC(=O)Nc2cc(S(=O)(=O)N3CCCCC3)ccc2C)ccc1Cl. The van der Waals surface area contributed by atoms with Crippen LogP contribution in [0.1, 0.15) is 43.2 Å². The molecule has 0 atom stereocenters. The number of nitrogens with zero attached hydrogens (tertiary/aromatic N) is 1. The van der Waals surface area contributed by atoms with Crippen LogP contribution in [0.25, 0.3) is 0 Å². The Bertz CT molecular complexity index is 1030. The predicted molar refractivity (Wildman–Crippen MR) is 123 cm³/mol. The van der Waals surface area contributed by atoms with Crippen molar-refractivity contribution in [2.75, 3.05) is 25.0 Å². The van der Waals surface area contributed by atoms with E-state index in [1.807, 2.05) is 19.9 Å². The van der Waals surface area contributed by atoms with Gasteiger partial charge in [0.1, 0.15) is 5.75 Å². The minimum atomic E-state index is -3.54. The van der Waals surface area contributed by atoms with Gasteiger partial charge in [-0.25, -0.2) is 8.42 Å². The van der Waals surface area contributed by atoms with Crippen LogP contribution < -0.4 is 10.1 Å². The van der Waals surface area contributed by atoms with Crippen molar-refractivity contribution < 1.29 is 17.9 Å². The zero-order valence-corrected chi connectivity index (χ0v) is 19.6. The molecule has 3 rings (SSSR count). The molecule has 0 aromatic heterocycles. The number of rotatable bonds is 8. The number of halogens is 1. The van der Waals surface area contributed by atoms with E-state index in [9.17, 15) is 13.2 Å². The van der Waals surface area contributed by atoms with Crippen molar-refractivity contribution in [3.05, 3.63) is 52.5 Å². The van der Waals surface area contributed by atoms with Crippen LogP contribution in [0, 0.1) is 13.8 Å². The maximum atomic E-state index is 12.9. The first-order valence-electron chi connectivity index (χ1n) is 10.6. The maximum Gasteiger partial charge on any atom is 0.243 e. The van der Waals surface area contributed by atoms with Crippen LogP contribution in [0.4, 0.5) is 5.69 Å². The summed E-state index contributed by atoms with van der Waals surface area (Å²) in [5.74, 6) is 0.542. The van der Waals surface area contributed by atoms with Crippen molar-refractivity contribution in [2.24, 2.45) is 0 Å². The van der Waals surface area contributed by atoms with E-state index >= 15 is 0 Å². The highest BCUT2D eigenvalue weighted by Crippen LogP contribution is 2.25. The van der Waals surface area contributed by atoms with Crippen molar-refractivity contribution in [2.45, 2.75) is 50.8 Å². The Morgan fingerprint density at radius 1 is 1.06 bits per heavy atom. The van der Waals surface area contributed by atoms with Gasteiger partial charge in [0.05, 0.1) is 11.5 Å². The summed E-state index contributed by atoms with van der Waals surface area (Å²) in [5.41, 5.74) is 2.28. The lowest BCUT2D eigenvalue weighted by Crippen LogP contribution is -2.35. The second kappa shape index (κ2) is 10.5. The number of carbonyl (C=O) groups excluding carboxylic acids is 1. The van der Waals surface area contributed by atoms with Gasteiger partial charge in [-0.05, 0) is 74.6 Å². The molecule has 0 unspecified atom stereocenters. The van der Waals surface area contributed by atoms with Gasteiger partial charge in [0.25, 0.3) is 0 Å². The zero-order chi connectivity index (χ0) is 22.4. The van der Waals surface area contributed by atoms with E-state index in [2.05, 4.69) is 5.32 Å². The molecule has 1 amide bonds. The van der Waals surface area contributed by atoms with Crippen LogP contribution in [0.5, 0.6) is 5.75 Å². The van der Waals surface area contributed by atoms with Crippen LogP contribution in [0.15, 0.2) is 41.3 Å². The van der Waals surface area contributed by atoms with E-state index < -0.39 is 10.0 Å². The summed E-state index contributed by atoms with van der Waals surface area (Å²) >= 11 is 6.01. The molecule has 1 aliphatic heterocycles. The van der Waals surface area contributed by atoms with Gasteiger partial charge in [-0.15, -0.1) is 0 Å². The Hall–Kier alpha value is -2.09. The van der Waals surface area contributed by atoms with Crippen LogP contribution in [0.3, 0.4) is 0 Å². The number of benzene rings is 2. The molecule has 0 spiro atoms. The second-order valence-electron chi connectivity index (χ2n) is 7.85. The third-order valence-electron chi connectivity index (χ3n) is 5.38. The Labute approximate surface area is 189 Å². The van der Waals surface area contributed by atoms with Gasteiger partial charge in [0.15, 0.2) is 0 Å². The highest BCUT2D eigenvalue weighted by molar-refractivity contribution is 7.89. The monoisotopic (exact) mass is 464 g/mol. The average Bonchev–Trinajstić information content (AvgIpc) is 2.75. The van der Waals surface area contributed by atoms with E-state index in [0.29, 0.717) is 42.6 Å². The molecule has 1 N–H and O–H groups in total. The Balaban J connectivity index is 1.55. The van der Waals surface area contributed by atoms with Gasteiger partial charge < -0.3 is 10.1 Å². The number of amides is 1. The molecule has 1 aliphatic rings. The minimum Gasteiger partial charge on any atom is -0.494 e. The first kappa shape index (κ1) is 23.6. The molecule has 0 radical (unpaired) electrons. The molecule has 8 heteroatoms. The van der Waals surface area contributed by atoms with Gasteiger partial charge >= 0.3 is 0 Å². The van der Waals surface area contributed by atoms with E-state index in [0.717, 1.165) is 30.4 Å². The Morgan fingerprint density at radius 2 is 1.81 bits per heavy atom. The standard InChI is InChI=1S/C23H29ClN2O4S/c1-17-8-10-20(31(28,29)26-12-4-3-5-13-26)16-22(17)25-23(27)7-6-14-30-19-9-11-21(24)18(2)15-19/h8-11,15-16H,3-7,12-14H2,1-2H3,(H,25,27). The number of hydrogen-bond donors (Lipinski definition) is 1. The fourth-order valence-electron chi connectivity index (χ4n) is 3.49. The number of nitrogens with one attached hydrogen (secondary N) is 1. The van der Waals surface area contributed by atoms with Crippen LogP contribution in [0.2, 0.25) is 5.02 Å². The summed E-state index contributed by atoms with van der Waals surface area (Å²) in [5, 5.41) is 3.53. The Morgan fingerprint density at radius 3 is 2.52 bits per heavy atom. The van der Waals surface area contributed by atoms with E-state index in [1.54, 1.807) is 30.3 Å². The largest absolute Gasteiger partial charge is 0.494 e. The van der Waals surface area contributed by atoms with Crippen molar-refractivity contribution in [1.29, 1.82) is 0 Å². The summed E-state index contributed by atoms with van der Waals surface area (Å²) < 4.78 is 33.0. The highest BCUT2D eigenvalue weighted by Gasteiger charge is 2.26. The molecule has 168 valence electrons. The summed E-state index contributed by atoms with van der Waals surface area (Å²) in [6.07, 6.45) is 3.63. The van der Waals surface area contributed by atoms with Gasteiger partial charge in [-0.2, -0.15) is 4.31 Å². The summed E-state index contributed by atoms with van der Waals surface area (Å²) in [6.45, 7) is 5.25. The molecular formula is C23H29ClN2O4S. The fraction of sp³-hybridized carbons (Fsp3) is 0.435. The van der Waals surface area contributed by atoms with E-state index in [1.165, 1.54) is 4.31 Å². The molecule has 0 aliphatic carbocycles. The lowest BCUT2D eigenvalue weighted by molar-refractivity contribution is -0.116. The second-order valence-corrected chi connectivity index (χ2v) is 10.2. The number of anilines is 1.